The van der Waals surface area contributed by atoms with Gasteiger partial charge in [0, 0.05) is 7.11 Å². The Morgan fingerprint density at radius 1 is 1.33 bits per heavy atom. The monoisotopic (exact) mass is 309 g/mol. The summed E-state index contributed by atoms with van der Waals surface area (Å²) in [5, 5.41) is 11.6. The highest BCUT2D eigenvalue weighted by molar-refractivity contribution is 7.15. The molecule has 2 heterocycles. The van der Waals surface area contributed by atoms with Crippen LogP contribution in [0.2, 0.25) is 0 Å². The van der Waals surface area contributed by atoms with Crippen LogP contribution in [0.5, 0.6) is 0 Å². The van der Waals surface area contributed by atoms with Crippen LogP contribution in [0.25, 0.3) is 0 Å². The fourth-order valence-corrected chi connectivity index (χ4v) is 2.55. The first-order chi connectivity index (χ1) is 10.0. The van der Waals surface area contributed by atoms with E-state index in [-0.39, 0.29) is 17.4 Å². The maximum absolute atomic E-state index is 12.2. The molecule has 2 N–H and O–H groups in total. The molecule has 21 heavy (non-hydrogen) atoms. The minimum Gasteiger partial charge on any atom is -0.477 e. The van der Waals surface area contributed by atoms with E-state index in [1.165, 1.54) is 19.2 Å². The number of aryl methyl sites for hydroxylation is 1. The maximum Gasteiger partial charge on any atom is 0.345 e. The van der Waals surface area contributed by atoms with Gasteiger partial charge in [0.15, 0.2) is 0 Å². The fourth-order valence-electron chi connectivity index (χ4n) is 1.81. The van der Waals surface area contributed by atoms with E-state index in [0.717, 1.165) is 17.1 Å². The lowest BCUT2D eigenvalue weighted by atomic mass is 10.2. The molecule has 0 bridgehead atoms. The molecule has 0 saturated heterocycles. The van der Waals surface area contributed by atoms with Gasteiger partial charge in [0.05, 0.1) is 11.5 Å². The minimum atomic E-state index is -1.05. The number of hydrogen-bond acceptors (Lipinski definition) is 5. The van der Waals surface area contributed by atoms with Crippen LogP contribution in [0.1, 0.15) is 36.9 Å². The Balaban J connectivity index is 2.12. The zero-order valence-corrected chi connectivity index (χ0v) is 12.4. The van der Waals surface area contributed by atoms with Gasteiger partial charge in [-0.05, 0) is 31.2 Å². The zero-order valence-electron chi connectivity index (χ0n) is 11.6. The molecule has 0 radical (unpaired) electrons. The number of methoxy groups -OCH3 is 1. The third kappa shape index (κ3) is 3.71. The Kier molecular flexibility index (Phi) is 4.77. The van der Waals surface area contributed by atoms with E-state index in [0.29, 0.717) is 10.6 Å². The molecule has 0 aliphatic rings. The first kappa shape index (κ1) is 15.3. The zero-order chi connectivity index (χ0) is 15.4. The summed E-state index contributed by atoms with van der Waals surface area (Å²) in [5.41, 5.74) is 0. The minimum absolute atomic E-state index is 0.122. The molecule has 0 aliphatic heterocycles. The van der Waals surface area contributed by atoms with Crippen LogP contribution in [0.15, 0.2) is 28.7 Å². The van der Waals surface area contributed by atoms with Gasteiger partial charge in [0.2, 0.25) is 0 Å². The Morgan fingerprint density at radius 3 is 2.57 bits per heavy atom. The predicted molar refractivity (Wildman–Crippen MR) is 76.8 cm³/mol. The molecule has 0 saturated carbocycles. The molecule has 2 rings (SSSR count). The molecule has 1 atom stereocenters. The predicted octanol–water partition coefficient (Wildman–Crippen LogP) is 2.47. The summed E-state index contributed by atoms with van der Waals surface area (Å²) in [5.74, 6) is -0.0693. The number of furan rings is 1. The summed E-state index contributed by atoms with van der Waals surface area (Å²) in [6.45, 7) is 2.07. The Bertz CT molecular complexity index is 645. The average molecular weight is 309 g/mol. The van der Waals surface area contributed by atoms with Crippen molar-refractivity contribution in [3.05, 3.63) is 45.5 Å². The van der Waals surface area contributed by atoms with Crippen LogP contribution < -0.4 is 5.32 Å². The highest BCUT2D eigenvalue weighted by Gasteiger charge is 2.20. The molecule has 7 heteroatoms. The number of amides is 1. The summed E-state index contributed by atoms with van der Waals surface area (Å²) in [6.07, 6.45) is 0. The molecule has 6 nitrogen and oxygen atoms in total. The highest BCUT2D eigenvalue weighted by Crippen LogP contribution is 2.20. The van der Waals surface area contributed by atoms with Crippen LogP contribution in [0, 0.1) is 6.92 Å². The van der Waals surface area contributed by atoms with Crippen molar-refractivity contribution in [2.24, 2.45) is 0 Å². The van der Waals surface area contributed by atoms with Gasteiger partial charge in [0.1, 0.15) is 22.4 Å². The third-order valence-corrected chi connectivity index (χ3v) is 3.86. The summed E-state index contributed by atoms with van der Waals surface area (Å²) in [4.78, 5) is 23.4. The third-order valence-electron chi connectivity index (χ3n) is 2.78. The first-order valence-electron chi connectivity index (χ1n) is 6.20. The molecular formula is C14H15NO5S. The summed E-state index contributed by atoms with van der Waals surface area (Å²) in [6, 6.07) is 6.05. The second-order valence-corrected chi connectivity index (χ2v) is 5.48. The van der Waals surface area contributed by atoms with Gasteiger partial charge < -0.3 is 19.6 Å². The highest BCUT2D eigenvalue weighted by atomic mass is 32.1. The van der Waals surface area contributed by atoms with Crippen LogP contribution in [-0.2, 0) is 4.74 Å². The maximum atomic E-state index is 12.2. The summed E-state index contributed by atoms with van der Waals surface area (Å²) in [7, 11) is 1.53. The van der Waals surface area contributed by atoms with Crippen LogP contribution in [0.4, 0.5) is 0 Å². The van der Waals surface area contributed by atoms with E-state index in [1.54, 1.807) is 12.1 Å². The van der Waals surface area contributed by atoms with Gasteiger partial charge >= 0.3 is 5.97 Å². The molecule has 2 aromatic heterocycles. The van der Waals surface area contributed by atoms with E-state index >= 15 is 0 Å². The molecule has 0 aliphatic carbocycles. The quantitative estimate of drug-likeness (QED) is 0.855. The van der Waals surface area contributed by atoms with Crippen molar-refractivity contribution in [3.8, 4) is 0 Å². The van der Waals surface area contributed by atoms with E-state index < -0.39 is 12.0 Å². The second kappa shape index (κ2) is 6.55. The standard InChI is InChI=1S/C14H15NO5S/c1-8-3-4-10(20-8)9(7-19-2)15-13(16)11-5-6-12(21-11)14(17)18/h3-6,9H,7H2,1-2H3,(H,15,16)(H,17,18). The largest absolute Gasteiger partial charge is 0.477 e. The lowest BCUT2D eigenvalue weighted by Gasteiger charge is -2.15. The Morgan fingerprint density at radius 2 is 2.05 bits per heavy atom. The van der Waals surface area contributed by atoms with E-state index in [4.69, 9.17) is 14.3 Å². The molecule has 0 aromatic carbocycles. The van der Waals surface area contributed by atoms with Crippen LogP contribution in [0.3, 0.4) is 0 Å². The van der Waals surface area contributed by atoms with Gasteiger partial charge in [0.25, 0.3) is 5.91 Å². The molecule has 0 spiro atoms. The average Bonchev–Trinajstić information content (AvgIpc) is 3.06. The SMILES string of the molecule is COCC(NC(=O)c1ccc(C(=O)O)s1)c1ccc(C)o1. The number of ether oxygens (including phenoxy) is 1. The fraction of sp³-hybridized carbons (Fsp3) is 0.286. The van der Waals surface area contributed by atoms with Crippen LogP contribution >= 0.6 is 11.3 Å². The molecule has 1 unspecified atom stereocenters. The number of carbonyl (C=O) groups is 2. The molecule has 112 valence electrons. The number of hydrogen-bond donors (Lipinski definition) is 2. The summed E-state index contributed by atoms with van der Waals surface area (Å²) >= 11 is 0.927. The van der Waals surface area contributed by atoms with E-state index in [2.05, 4.69) is 5.32 Å². The number of carboxylic acid groups (broad SMARTS) is 1. The summed E-state index contributed by atoms with van der Waals surface area (Å²) < 4.78 is 10.6. The van der Waals surface area contributed by atoms with Crippen molar-refractivity contribution in [2.75, 3.05) is 13.7 Å². The lowest BCUT2D eigenvalue weighted by molar-refractivity contribution is 0.0702. The number of carboxylic acids is 1. The molecule has 0 fully saturated rings. The Labute approximate surface area is 125 Å². The smallest absolute Gasteiger partial charge is 0.345 e. The molecule has 2 aromatic rings. The van der Waals surface area contributed by atoms with Crippen LogP contribution in [-0.4, -0.2) is 30.7 Å². The number of carbonyl (C=O) groups excluding carboxylic acids is 1. The van der Waals surface area contributed by atoms with Crippen molar-refractivity contribution in [1.29, 1.82) is 0 Å². The first-order valence-corrected chi connectivity index (χ1v) is 7.02. The Hall–Kier alpha value is -2.12. The van der Waals surface area contributed by atoms with E-state index in [1.807, 2.05) is 6.92 Å². The second-order valence-electron chi connectivity index (χ2n) is 4.40. The lowest BCUT2D eigenvalue weighted by Crippen LogP contribution is -2.30. The molecular weight excluding hydrogens is 294 g/mol. The van der Waals surface area contributed by atoms with Crippen molar-refractivity contribution in [2.45, 2.75) is 13.0 Å². The molecule has 1 amide bonds. The topological polar surface area (TPSA) is 88.8 Å². The van der Waals surface area contributed by atoms with Crippen molar-refractivity contribution >= 4 is 23.2 Å². The van der Waals surface area contributed by atoms with Gasteiger partial charge in [-0.1, -0.05) is 0 Å². The van der Waals surface area contributed by atoms with Crippen molar-refractivity contribution < 1.29 is 23.8 Å². The number of nitrogens with one attached hydrogen (secondary N) is 1. The van der Waals surface area contributed by atoms with Gasteiger partial charge in [-0.2, -0.15) is 0 Å². The van der Waals surface area contributed by atoms with E-state index in [9.17, 15) is 9.59 Å². The van der Waals surface area contributed by atoms with Gasteiger partial charge in [-0.25, -0.2) is 4.79 Å². The van der Waals surface area contributed by atoms with Crippen molar-refractivity contribution in [3.63, 3.8) is 0 Å². The number of thiophene rings is 1. The van der Waals surface area contributed by atoms with Gasteiger partial charge in [-0.3, -0.25) is 4.79 Å². The van der Waals surface area contributed by atoms with Crippen molar-refractivity contribution in [1.82, 2.24) is 5.32 Å². The van der Waals surface area contributed by atoms with Gasteiger partial charge in [-0.15, -0.1) is 11.3 Å². The number of rotatable bonds is 6. The normalized spacial score (nSPS) is 12.1. The number of aromatic carboxylic acids is 1.